The van der Waals surface area contributed by atoms with E-state index in [1.54, 1.807) is 6.20 Å². The Labute approximate surface area is 179 Å². The minimum Gasteiger partial charge on any atom is -0.368 e. The van der Waals surface area contributed by atoms with Crippen LogP contribution < -0.4 is 4.90 Å². The maximum atomic E-state index is 4.88. The average Bonchev–Trinajstić information content (AvgIpc) is 3.43. The lowest BCUT2D eigenvalue weighted by atomic mass is 10.1. The fourth-order valence-corrected chi connectivity index (χ4v) is 4.33. The lowest BCUT2D eigenvalue weighted by Crippen LogP contribution is -2.44. The summed E-state index contributed by atoms with van der Waals surface area (Å²) in [6, 6.07) is 18.5. The van der Waals surface area contributed by atoms with E-state index in [1.165, 1.54) is 11.1 Å². The van der Waals surface area contributed by atoms with E-state index in [9.17, 15) is 0 Å². The number of pyridine rings is 2. The van der Waals surface area contributed by atoms with Crippen LogP contribution in [0.1, 0.15) is 0 Å². The number of nitrogens with one attached hydrogen (secondary N) is 2. The summed E-state index contributed by atoms with van der Waals surface area (Å²) in [5.41, 5.74) is 7.62. The summed E-state index contributed by atoms with van der Waals surface area (Å²) in [5.74, 6) is 0. The number of hydrogen-bond acceptors (Lipinski definition) is 5. The second kappa shape index (κ2) is 7.21. The highest BCUT2D eigenvalue weighted by atomic mass is 15.2. The monoisotopic (exact) mass is 409 g/mol. The topological polar surface area (TPSA) is 76.7 Å². The third-order valence-electron chi connectivity index (χ3n) is 6.08. The van der Waals surface area contributed by atoms with Crippen molar-refractivity contribution >= 4 is 27.6 Å². The zero-order valence-electron chi connectivity index (χ0n) is 17.3. The van der Waals surface area contributed by atoms with Gasteiger partial charge in [-0.3, -0.25) is 10.1 Å². The number of likely N-dealkylation sites (N-methyl/N-ethyl adjacent to an activating group) is 1. The molecule has 1 aliphatic rings. The standard InChI is InChI=1S/C24H23N7/c1-30-11-13-31(14-12-30)22-7-4-6-17-16(22)15-21(26-17)24-23-20(28-29-24)9-8-19(27-23)18-5-2-3-10-25-18/h2-10,15,26H,11-14H2,1H3,(H,28,29). The average molecular weight is 409 g/mol. The first-order valence-corrected chi connectivity index (χ1v) is 10.6. The molecule has 0 aliphatic carbocycles. The van der Waals surface area contributed by atoms with Crippen molar-refractivity contribution in [3.8, 4) is 22.8 Å². The van der Waals surface area contributed by atoms with E-state index in [1.807, 2.05) is 30.3 Å². The zero-order chi connectivity index (χ0) is 20.8. The van der Waals surface area contributed by atoms with Crippen molar-refractivity contribution in [1.82, 2.24) is 30.0 Å². The van der Waals surface area contributed by atoms with Crippen LogP contribution in [0.4, 0.5) is 5.69 Å². The SMILES string of the molecule is CN1CCN(c2cccc3[nH]c(-c4n[nH]c5ccc(-c6ccccn6)nc45)cc23)CC1. The summed E-state index contributed by atoms with van der Waals surface area (Å²) in [4.78, 5) is 17.7. The Hall–Kier alpha value is -3.71. The third kappa shape index (κ3) is 3.14. The van der Waals surface area contributed by atoms with Crippen LogP contribution in [0, 0.1) is 0 Å². The minimum atomic E-state index is 0.827. The van der Waals surface area contributed by atoms with Crippen LogP contribution >= 0.6 is 0 Å². The molecule has 0 radical (unpaired) electrons. The highest BCUT2D eigenvalue weighted by Crippen LogP contribution is 2.33. The van der Waals surface area contributed by atoms with Crippen molar-refractivity contribution in [2.45, 2.75) is 0 Å². The van der Waals surface area contributed by atoms with Crippen LogP contribution in [-0.2, 0) is 0 Å². The second-order valence-corrected chi connectivity index (χ2v) is 8.09. The first-order valence-electron chi connectivity index (χ1n) is 10.6. The van der Waals surface area contributed by atoms with Crippen molar-refractivity contribution in [2.24, 2.45) is 0 Å². The lowest BCUT2D eigenvalue weighted by molar-refractivity contribution is 0.313. The van der Waals surface area contributed by atoms with Gasteiger partial charge in [-0.25, -0.2) is 4.98 Å². The van der Waals surface area contributed by atoms with Gasteiger partial charge >= 0.3 is 0 Å². The largest absolute Gasteiger partial charge is 0.368 e. The Morgan fingerprint density at radius 3 is 2.61 bits per heavy atom. The molecule has 1 aliphatic heterocycles. The molecule has 154 valence electrons. The van der Waals surface area contributed by atoms with Gasteiger partial charge in [0.2, 0.25) is 0 Å². The molecule has 7 nitrogen and oxygen atoms in total. The summed E-state index contributed by atoms with van der Waals surface area (Å²) in [7, 11) is 2.18. The van der Waals surface area contributed by atoms with E-state index in [0.29, 0.717) is 0 Å². The zero-order valence-corrected chi connectivity index (χ0v) is 17.3. The van der Waals surface area contributed by atoms with Crippen molar-refractivity contribution in [3.63, 3.8) is 0 Å². The first kappa shape index (κ1) is 18.1. The Kier molecular flexibility index (Phi) is 4.21. The molecule has 0 atom stereocenters. The van der Waals surface area contributed by atoms with E-state index in [0.717, 1.165) is 65.5 Å². The molecule has 0 saturated carbocycles. The molecule has 5 heterocycles. The van der Waals surface area contributed by atoms with Crippen LogP contribution in [0.15, 0.2) is 60.8 Å². The lowest BCUT2D eigenvalue weighted by Gasteiger charge is -2.34. The number of hydrogen-bond donors (Lipinski definition) is 2. The van der Waals surface area contributed by atoms with Crippen molar-refractivity contribution in [3.05, 3.63) is 60.8 Å². The van der Waals surface area contributed by atoms with Gasteiger partial charge in [-0.1, -0.05) is 12.1 Å². The summed E-state index contributed by atoms with van der Waals surface area (Å²) < 4.78 is 0. The molecule has 0 amide bonds. The van der Waals surface area contributed by atoms with Gasteiger partial charge in [0.25, 0.3) is 0 Å². The Balaban J connectivity index is 1.44. The number of aromatic amines is 2. The molecule has 1 saturated heterocycles. The number of piperazine rings is 1. The van der Waals surface area contributed by atoms with Gasteiger partial charge in [-0.15, -0.1) is 0 Å². The molecule has 6 rings (SSSR count). The molecule has 0 unspecified atom stereocenters. The number of fused-ring (bicyclic) bond motifs is 2. The summed E-state index contributed by atoms with van der Waals surface area (Å²) in [5, 5.41) is 8.93. The maximum Gasteiger partial charge on any atom is 0.135 e. The number of anilines is 1. The highest BCUT2D eigenvalue weighted by Gasteiger charge is 2.19. The molecule has 7 heteroatoms. The van der Waals surface area contributed by atoms with Crippen LogP contribution in [0.25, 0.3) is 44.7 Å². The molecule has 2 N–H and O–H groups in total. The first-order chi connectivity index (χ1) is 15.3. The molecule has 4 aromatic heterocycles. The van der Waals surface area contributed by atoms with Crippen molar-refractivity contribution in [2.75, 3.05) is 38.1 Å². The number of rotatable bonds is 3. The van der Waals surface area contributed by atoms with E-state index in [4.69, 9.17) is 4.98 Å². The van der Waals surface area contributed by atoms with Gasteiger partial charge in [-0.2, -0.15) is 5.10 Å². The van der Waals surface area contributed by atoms with Gasteiger partial charge < -0.3 is 14.8 Å². The Morgan fingerprint density at radius 1 is 0.871 bits per heavy atom. The van der Waals surface area contributed by atoms with Gasteiger partial charge in [0.15, 0.2) is 0 Å². The van der Waals surface area contributed by atoms with E-state index >= 15 is 0 Å². The smallest absolute Gasteiger partial charge is 0.135 e. The predicted molar refractivity (Wildman–Crippen MR) is 124 cm³/mol. The fraction of sp³-hybridized carbons (Fsp3) is 0.208. The van der Waals surface area contributed by atoms with Crippen LogP contribution in [0.3, 0.4) is 0 Å². The minimum absolute atomic E-state index is 0.827. The van der Waals surface area contributed by atoms with E-state index in [-0.39, 0.29) is 0 Å². The molecule has 1 aromatic carbocycles. The van der Waals surface area contributed by atoms with Crippen LogP contribution in [0.5, 0.6) is 0 Å². The van der Waals surface area contributed by atoms with Gasteiger partial charge in [0.1, 0.15) is 11.2 Å². The molecule has 31 heavy (non-hydrogen) atoms. The molecule has 0 spiro atoms. The number of aromatic nitrogens is 5. The maximum absolute atomic E-state index is 4.88. The van der Waals surface area contributed by atoms with Gasteiger partial charge in [-0.05, 0) is 49.5 Å². The fourth-order valence-electron chi connectivity index (χ4n) is 4.33. The van der Waals surface area contributed by atoms with Crippen LogP contribution in [0.2, 0.25) is 0 Å². The van der Waals surface area contributed by atoms with Crippen LogP contribution in [-0.4, -0.2) is 63.3 Å². The quantitative estimate of drug-likeness (QED) is 0.472. The molecule has 0 bridgehead atoms. The Bertz CT molecular complexity index is 1360. The molecular formula is C24H23N7. The van der Waals surface area contributed by atoms with Gasteiger partial charge in [0.05, 0.1) is 22.6 Å². The van der Waals surface area contributed by atoms with Crippen molar-refractivity contribution < 1.29 is 0 Å². The third-order valence-corrected chi connectivity index (χ3v) is 6.08. The highest BCUT2D eigenvalue weighted by molar-refractivity contribution is 5.99. The number of benzene rings is 1. The summed E-state index contributed by atoms with van der Waals surface area (Å²) in [6.07, 6.45) is 1.79. The summed E-state index contributed by atoms with van der Waals surface area (Å²) in [6.45, 7) is 4.24. The molecule has 5 aromatic rings. The van der Waals surface area contributed by atoms with E-state index < -0.39 is 0 Å². The van der Waals surface area contributed by atoms with Crippen molar-refractivity contribution in [1.29, 1.82) is 0 Å². The predicted octanol–water partition coefficient (Wildman–Crippen LogP) is 3.92. The number of H-pyrrole nitrogens is 2. The summed E-state index contributed by atoms with van der Waals surface area (Å²) >= 11 is 0. The Morgan fingerprint density at radius 2 is 1.77 bits per heavy atom. The van der Waals surface area contributed by atoms with Gasteiger partial charge in [0, 0.05) is 49.0 Å². The van der Waals surface area contributed by atoms with E-state index in [2.05, 4.69) is 61.3 Å². The second-order valence-electron chi connectivity index (χ2n) is 8.09. The molecular weight excluding hydrogens is 386 g/mol. The normalized spacial score (nSPS) is 15.2. The number of nitrogens with zero attached hydrogens (tertiary/aromatic N) is 5. The molecule has 1 fully saturated rings.